The van der Waals surface area contributed by atoms with Crippen LogP contribution in [0.5, 0.6) is 0 Å². The molecule has 1 aliphatic rings. The van der Waals surface area contributed by atoms with Crippen molar-refractivity contribution in [2.24, 2.45) is 0 Å². The molecule has 0 spiro atoms. The highest BCUT2D eigenvalue weighted by Crippen LogP contribution is 2.40. The fraction of sp³-hybridized carbons (Fsp3) is 0.333. The molecule has 1 aromatic heterocycles. The molecule has 0 bridgehead atoms. The molecular weight excluding hydrogens is 172 g/mol. The summed E-state index contributed by atoms with van der Waals surface area (Å²) in [4.78, 5) is 3.96. The Morgan fingerprint density at radius 3 is 2.83 bits per heavy atom. The lowest BCUT2D eigenvalue weighted by Crippen LogP contribution is -1.87. The number of pyridine rings is 1. The lowest BCUT2D eigenvalue weighted by atomic mass is 10.2. The number of hydrogen-bond donors (Lipinski definition) is 0. The molecule has 0 saturated heterocycles. The monoisotopic (exact) mass is 178 g/mol. The Bertz CT molecular complexity index is 350. The van der Waals surface area contributed by atoms with Crippen molar-refractivity contribution in [2.75, 3.05) is 0 Å². The van der Waals surface area contributed by atoms with Gasteiger partial charge in [-0.25, -0.2) is 4.98 Å². The summed E-state index contributed by atoms with van der Waals surface area (Å²) in [6, 6.07) is 3.79. The standard InChI is InChI=1S/C9H7ClN2/c10-8-3-7(6-1-2-6)5-12-9(8)4-11/h3,5-6H,1-2H2. The summed E-state index contributed by atoms with van der Waals surface area (Å²) in [5, 5.41) is 9.04. The molecule has 0 radical (unpaired) electrons. The minimum atomic E-state index is 0.320. The first-order chi connectivity index (χ1) is 5.81. The third-order valence-electron chi connectivity index (χ3n) is 2.02. The number of hydrogen-bond acceptors (Lipinski definition) is 2. The minimum absolute atomic E-state index is 0.320. The summed E-state index contributed by atoms with van der Waals surface area (Å²) >= 11 is 5.82. The first kappa shape index (κ1) is 7.57. The second kappa shape index (κ2) is 2.76. The molecule has 0 aliphatic heterocycles. The van der Waals surface area contributed by atoms with Gasteiger partial charge in [0.1, 0.15) is 6.07 Å². The second-order valence-corrected chi connectivity index (χ2v) is 3.39. The van der Waals surface area contributed by atoms with Gasteiger partial charge in [0.2, 0.25) is 0 Å². The van der Waals surface area contributed by atoms with Gasteiger partial charge in [-0.3, -0.25) is 0 Å². The first-order valence-electron chi connectivity index (χ1n) is 3.87. The molecule has 1 aromatic rings. The van der Waals surface area contributed by atoms with E-state index in [1.54, 1.807) is 6.20 Å². The Balaban J connectivity index is 2.38. The molecule has 60 valence electrons. The van der Waals surface area contributed by atoms with Gasteiger partial charge in [-0.15, -0.1) is 0 Å². The van der Waals surface area contributed by atoms with E-state index in [0.29, 0.717) is 16.6 Å². The van der Waals surface area contributed by atoms with Crippen LogP contribution < -0.4 is 0 Å². The predicted octanol–water partition coefficient (Wildman–Crippen LogP) is 2.48. The molecule has 2 nitrogen and oxygen atoms in total. The van der Waals surface area contributed by atoms with Crippen LogP contribution in [0.25, 0.3) is 0 Å². The lowest BCUT2D eigenvalue weighted by molar-refractivity contribution is 1.08. The van der Waals surface area contributed by atoms with Crippen molar-refractivity contribution in [1.82, 2.24) is 4.98 Å². The predicted molar refractivity (Wildman–Crippen MR) is 45.9 cm³/mol. The Morgan fingerprint density at radius 1 is 1.58 bits per heavy atom. The topological polar surface area (TPSA) is 36.7 Å². The van der Waals surface area contributed by atoms with Gasteiger partial charge in [0.05, 0.1) is 5.02 Å². The molecular formula is C9H7ClN2. The van der Waals surface area contributed by atoms with Crippen LogP contribution in [0.1, 0.15) is 30.0 Å². The average molecular weight is 179 g/mol. The molecule has 0 aromatic carbocycles. The van der Waals surface area contributed by atoms with Gasteiger partial charge in [-0.2, -0.15) is 5.26 Å². The molecule has 2 rings (SSSR count). The van der Waals surface area contributed by atoms with Crippen molar-refractivity contribution in [3.8, 4) is 6.07 Å². The SMILES string of the molecule is N#Cc1ncc(C2CC2)cc1Cl. The van der Waals surface area contributed by atoms with Gasteiger partial charge < -0.3 is 0 Å². The molecule has 3 heteroatoms. The van der Waals surface area contributed by atoms with E-state index in [1.165, 1.54) is 18.4 Å². The van der Waals surface area contributed by atoms with Gasteiger partial charge in [0.25, 0.3) is 0 Å². The van der Waals surface area contributed by atoms with E-state index in [2.05, 4.69) is 4.98 Å². The number of aromatic nitrogens is 1. The van der Waals surface area contributed by atoms with E-state index >= 15 is 0 Å². The molecule has 1 heterocycles. The smallest absolute Gasteiger partial charge is 0.159 e. The molecule has 12 heavy (non-hydrogen) atoms. The highest BCUT2D eigenvalue weighted by atomic mass is 35.5. The molecule has 1 saturated carbocycles. The second-order valence-electron chi connectivity index (χ2n) is 2.99. The van der Waals surface area contributed by atoms with E-state index < -0.39 is 0 Å². The third kappa shape index (κ3) is 1.28. The average Bonchev–Trinajstić information content (AvgIpc) is 2.86. The summed E-state index contributed by atoms with van der Waals surface area (Å²) in [6.07, 6.45) is 4.20. The molecule has 0 amide bonds. The van der Waals surface area contributed by atoms with Gasteiger partial charge in [0.15, 0.2) is 5.69 Å². The van der Waals surface area contributed by atoms with Crippen molar-refractivity contribution in [1.29, 1.82) is 5.26 Å². The zero-order chi connectivity index (χ0) is 8.55. The van der Waals surface area contributed by atoms with Crippen molar-refractivity contribution < 1.29 is 0 Å². The Hall–Kier alpha value is -1.07. The van der Waals surface area contributed by atoms with Crippen LogP contribution in [0.3, 0.4) is 0 Å². The van der Waals surface area contributed by atoms with Crippen LogP contribution >= 0.6 is 11.6 Å². The molecule has 1 aliphatic carbocycles. The fourth-order valence-corrected chi connectivity index (χ4v) is 1.39. The van der Waals surface area contributed by atoms with E-state index in [1.807, 2.05) is 12.1 Å². The summed E-state index contributed by atoms with van der Waals surface area (Å²) in [6.45, 7) is 0. The minimum Gasteiger partial charge on any atom is -0.244 e. The highest BCUT2D eigenvalue weighted by molar-refractivity contribution is 6.31. The molecule has 1 fully saturated rings. The largest absolute Gasteiger partial charge is 0.244 e. The van der Waals surface area contributed by atoms with Crippen molar-refractivity contribution in [2.45, 2.75) is 18.8 Å². The van der Waals surface area contributed by atoms with Gasteiger partial charge in [0, 0.05) is 6.20 Å². The van der Waals surface area contributed by atoms with Crippen molar-refractivity contribution >= 4 is 11.6 Å². The number of halogens is 1. The normalized spacial score (nSPS) is 15.7. The summed E-state index contributed by atoms with van der Waals surface area (Å²) < 4.78 is 0. The van der Waals surface area contributed by atoms with E-state index in [4.69, 9.17) is 16.9 Å². The van der Waals surface area contributed by atoms with Crippen molar-refractivity contribution in [3.63, 3.8) is 0 Å². The summed E-state index contributed by atoms with van der Waals surface area (Å²) in [5.41, 5.74) is 1.49. The van der Waals surface area contributed by atoms with Gasteiger partial charge in [-0.05, 0) is 30.4 Å². The maximum absolute atomic E-state index is 8.57. The zero-order valence-corrected chi connectivity index (χ0v) is 7.17. The van der Waals surface area contributed by atoms with Gasteiger partial charge in [-0.1, -0.05) is 11.6 Å². The number of nitrogens with zero attached hydrogens (tertiary/aromatic N) is 2. The lowest BCUT2D eigenvalue weighted by Gasteiger charge is -1.98. The maximum Gasteiger partial charge on any atom is 0.159 e. The highest BCUT2D eigenvalue weighted by Gasteiger charge is 2.24. The van der Waals surface area contributed by atoms with Crippen LogP contribution in [-0.4, -0.2) is 4.98 Å². The third-order valence-corrected chi connectivity index (χ3v) is 2.31. The number of nitriles is 1. The Kier molecular flexibility index (Phi) is 1.74. The fourth-order valence-electron chi connectivity index (χ4n) is 1.17. The molecule has 0 unspecified atom stereocenters. The number of rotatable bonds is 1. The molecule has 0 N–H and O–H groups in total. The Labute approximate surface area is 75.8 Å². The van der Waals surface area contributed by atoms with Crippen LogP contribution in [0.2, 0.25) is 5.02 Å². The van der Waals surface area contributed by atoms with E-state index in [-0.39, 0.29) is 0 Å². The van der Waals surface area contributed by atoms with Crippen LogP contribution in [0.15, 0.2) is 12.3 Å². The summed E-state index contributed by atoms with van der Waals surface area (Å²) in [5.74, 6) is 0.641. The maximum atomic E-state index is 8.57. The van der Waals surface area contributed by atoms with Crippen LogP contribution in [-0.2, 0) is 0 Å². The quantitative estimate of drug-likeness (QED) is 0.663. The van der Waals surface area contributed by atoms with Crippen LogP contribution in [0.4, 0.5) is 0 Å². The van der Waals surface area contributed by atoms with E-state index in [0.717, 1.165) is 0 Å². The van der Waals surface area contributed by atoms with E-state index in [9.17, 15) is 0 Å². The van der Waals surface area contributed by atoms with Crippen LogP contribution in [0, 0.1) is 11.3 Å². The molecule has 0 atom stereocenters. The van der Waals surface area contributed by atoms with Crippen molar-refractivity contribution in [3.05, 3.63) is 28.5 Å². The zero-order valence-electron chi connectivity index (χ0n) is 6.42. The van der Waals surface area contributed by atoms with Gasteiger partial charge >= 0.3 is 0 Å². The Morgan fingerprint density at radius 2 is 2.33 bits per heavy atom. The first-order valence-corrected chi connectivity index (χ1v) is 4.24. The summed E-state index contributed by atoms with van der Waals surface area (Å²) in [7, 11) is 0.